The fourth-order valence-corrected chi connectivity index (χ4v) is 2.81. The van der Waals surface area contributed by atoms with Gasteiger partial charge >= 0.3 is 6.03 Å². The Balaban J connectivity index is 1.46. The molecule has 1 aliphatic heterocycles. The molecule has 0 spiro atoms. The third kappa shape index (κ3) is 4.26. The van der Waals surface area contributed by atoms with Gasteiger partial charge in [-0.15, -0.1) is 0 Å². The quantitative estimate of drug-likeness (QED) is 0.707. The second-order valence-electron chi connectivity index (χ2n) is 6.05. The molecular formula is C16H21N7O3. The highest BCUT2D eigenvalue weighted by atomic mass is 16.5. The zero-order valence-corrected chi connectivity index (χ0v) is 14.4. The van der Waals surface area contributed by atoms with Crippen LogP contribution >= 0.6 is 0 Å². The Morgan fingerprint density at radius 1 is 1.38 bits per heavy atom. The number of nitrogens with one attached hydrogen (secondary N) is 2. The molecule has 3 heterocycles. The highest BCUT2D eigenvalue weighted by molar-refractivity contribution is 5.84. The van der Waals surface area contributed by atoms with Gasteiger partial charge in [0.05, 0.1) is 6.54 Å². The Labute approximate surface area is 150 Å². The van der Waals surface area contributed by atoms with Crippen LogP contribution in [0.15, 0.2) is 22.9 Å². The highest BCUT2D eigenvalue weighted by Gasteiger charge is 2.33. The number of aromatic nitrogens is 3. The molecule has 2 aromatic rings. The van der Waals surface area contributed by atoms with Gasteiger partial charge < -0.3 is 25.8 Å². The first kappa shape index (κ1) is 17.6. The molecule has 0 aliphatic carbocycles. The van der Waals surface area contributed by atoms with E-state index in [2.05, 4.69) is 25.8 Å². The lowest BCUT2D eigenvalue weighted by atomic mass is 10.2. The Bertz CT molecular complexity index is 774. The molecule has 2 aromatic heterocycles. The monoisotopic (exact) mass is 359 g/mol. The first-order chi connectivity index (χ1) is 12.5. The number of nitrogens with two attached hydrogens (primary N) is 1. The number of carbonyl (C=O) groups is 2. The van der Waals surface area contributed by atoms with Crippen LogP contribution in [0.4, 0.5) is 10.6 Å². The Hall–Kier alpha value is -3.17. The fraction of sp³-hybridized carbons (Fsp3) is 0.438. The molecule has 3 rings (SSSR count). The van der Waals surface area contributed by atoms with E-state index >= 15 is 0 Å². The molecule has 0 radical (unpaired) electrons. The number of urea groups is 1. The first-order valence-corrected chi connectivity index (χ1v) is 8.34. The van der Waals surface area contributed by atoms with Gasteiger partial charge in [-0.2, -0.15) is 4.98 Å². The van der Waals surface area contributed by atoms with Gasteiger partial charge in [-0.3, -0.25) is 4.79 Å². The van der Waals surface area contributed by atoms with Crippen molar-refractivity contribution >= 4 is 17.8 Å². The number of hydrogen-bond donors (Lipinski definition) is 3. The summed E-state index contributed by atoms with van der Waals surface area (Å²) >= 11 is 0. The van der Waals surface area contributed by atoms with Gasteiger partial charge in [0, 0.05) is 19.3 Å². The zero-order chi connectivity index (χ0) is 18.5. The molecule has 1 saturated heterocycles. The number of nitrogen functional groups attached to an aromatic ring is 1. The first-order valence-electron chi connectivity index (χ1n) is 8.34. The summed E-state index contributed by atoms with van der Waals surface area (Å²) in [5.74, 6) is 1.20. The van der Waals surface area contributed by atoms with Gasteiger partial charge in [-0.1, -0.05) is 11.2 Å². The summed E-state index contributed by atoms with van der Waals surface area (Å²) in [5.41, 5.74) is 6.32. The predicted molar refractivity (Wildman–Crippen MR) is 91.6 cm³/mol. The summed E-state index contributed by atoms with van der Waals surface area (Å²) in [7, 11) is 0. The van der Waals surface area contributed by atoms with Gasteiger partial charge in [0.1, 0.15) is 11.9 Å². The van der Waals surface area contributed by atoms with Crippen molar-refractivity contribution < 1.29 is 14.1 Å². The third-order valence-corrected chi connectivity index (χ3v) is 4.10. The van der Waals surface area contributed by atoms with Crippen LogP contribution in [0.25, 0.3) is 0 Å². The zero-order valence-electron chi connectivity index (χ0n) is 14.4. The van der Waals surface area contributed by atoms with Crippen molar-refractivity contribution in [2.45, 2.75) is 32.4 Å². The van der Waals surface area contributed by atoms with Crippen LogP contribution in [0, 0.1) is 6.92 Å². The minimum Gasteiger partial charge on any atom is -0.384 e. The molecule has 0 aromatic carbocycles. The van der Waals surface area contributed by atoms with E-state index < -0.39 is 6.03 Å². The number of amides is 3. The molecule has 1 fully saturated rings. The molecule has 3 amide bonds. The van der Waals surface area contributed by atoms with Gasteiger partial charge in [0.2, 0.25) is 11.8 Å². The molecule has 1 atom stereocenters. The summed E-state index contributed by atoms with van der Waals surface area (Å²) in [6, 6.07) is 2.77. The molecule has 0 saturated carbocycles. The van der Waals surface area contributed by atoms with E-state index in [1.54, 1.807) is 30.2 Å². The molecule has 26 heavy (non-hydrogen) atoms. The molecule has 4 N–H and O–H groups in total. The van der Waals surface area contributed by atoms with Gasteiger partial charge in [0.15, 0.2) is 5.82 Å². The largest absolute Gasteiger partial charge is 0.384 e. The van der Waals surface area contributed by atoms with E-state index in [4.69, 9.17) is 10.3 Å². The molecule has 10 nitrogen and oxygen atoms in total. The Morgan fingerprint density at radius 2 is 2.23 bits per heavy atom. The Kier molecular flexibility index (Phi) is 5.30. The number of pyridine rings is 1. The standard InChI is InChI=1S/C16H21N7O3/c1-10-21-15(26-22-10)12-3-2-6-23(12)14(24)9-20-16(25)19-8-11-4-5-13(17)18-7-11/h4-5,7,12H,2-3,6,8-9H2,1H3,(H2,17,18)(H2,19,20,25). The summed E-state index contributed by atoms with van der Waals surface area (Å²) in [6.45, 7) is 2.53. The minimum atomic E-state index is -0.431. The van der Waals surface area contributed by atoms with Crippen LogP contribution in [0.1, 0.15) is 36.2 Å². The van der Waals surface area contributed by atoms with Crippen molar-refractivity contribution in [2.24, 2.45) is 0 Å². The summed E-state index contributed by atoms with van der Waals surface area (Å²) in [5, 5.41) is 9.00. The molecular weight excluding hydrogens is 338 g/mol. The molecule has 0 bridgehead atoms. The van der Waals surface area contributed by atoms with Gasteiger partial charge in [0.25, 0.3) is 0 Å². The van der Waals surface area contributed by atoms with E-state index in [9.17, 15) is 9.59 Å². The average Bonchev–Trinajstić information content (AvgIpc) is 3.27. The number of carbonyl (C=O) groups excluding carboxylic acids is 2. The van der Waals surface area contributed by atoms with Crippen molar-refractivity contribution in [3.8, 4) is 0 Å². The molecule has 1 unspecified atom stereocenters. The van der Waals surface area contributed by atoms with Crippen LogP contribution in [0.2, 0.25) is 0 Å². The lowest BCUT2D eigenvalue weighted by Crippen LogP contribution is -2.43. The lowest BCUT2D eigenvalue weighted by molar-refractivity contribution is -0.131. The Morgan fingerprint density at radius 3 is 2.92 bits per heavy atom. The maximum atomic E-state index is 12.4. The van der Waals surface area contributed by atoms with Crippen molar-refractivity contribution in [3.05, 3.63) is 35.6 Å². The van der Waals surface area contributed by atoms with Gasteiger partial charge in [-0.25, -0.2) is 9.78 Å². The summed E-state index contributed by atoms with van der Waals surface area (Å²) in [6.07, 6.45) is 3.21. The number of aryl methyl sites for hydroxylation is 1. The average molecular weight is 359 g/mol. The number of rotatable bonds is 5. The maximum Gasteiger partial charge on any atom is 0.315 e. The smallest absolute Gasteiger partial charge is 0.315 e. The van der Waals surface area contributed by atoms with E-state index in [1.165, 1.54) is 0 Å². The third-order valence-electron chi connectivity index (χ3n) is 4.10. The topological polar surface area (TPSA) is 139 Å². The molecule has 138 valence electrons. The van der Waals surface area contributed by atoms with E-state index in [1.807, 2.05) is 0 Å². The van der Waals surface area contributed by atoms with Crippen molar-refractivity contribution in [3.63, 3.8) is 0 Å². The number of likely N-dealkylation sites (tertiary alicyclic amines) is 1. The summed E-state index contributed by atoms with van der Waals surface area (Å²) in [4.78, 5) is 34.1. The predicted octanol–water partition coefficient (Wildman–Crippen LogP) is 0.518. The second kappa shape index (κ2) is 7.81. The van der Waals surface area contributed by atoms with E-state index in [0.29, 0.717) is 30.6 Å². The van der Waals surface area contributed by atoms with Gasteiger partial charge in [-0.05, 0) is 31.4 Å². The van der Waals surface area contributed by atoms with Crippen LogP contribution in [-0.2, 0) is 11.3 Å². The van der Waals surface area contributed by atoms with Crippen LogP contribution in [0.3, 0.4) is 0 Å². The normalized spacial score (nSPS) is 16.5. The second-order valence-corrected chi connectivity index (χ2v) is 6.05. The fourth-order valence-electron chi connectivity index (χ4n) is 2.81. The molecule has 10 heteroatoms. The minimum absolute atomic E-state index is 0.102. The maximum absolute atomic E-state index is 12.4. The van der Waals surface area contributed by atoms with E-state index in [0.717, 1.165) is 18.4 Å². The van der Waals surface area contributed by atoms with Crippen molar-refractivity contribution in [1.29, 1.82) is 0 Å². The molecule has 1 aliphatic rings. The van der Waals surface area contributed by atoms with E-state index in [-0.39, 0.29) is 18.5 Å². The van der Waals surface area contributed by atoms with Crippen molar-refractivity contribution in [2.75, 3.05) is 18.8 Å². The highest BCUT2D eigenvalue weighted by Crippen LogP contribution is 2.30. The van der Waals surface area contributed by atoms with Crippen molar-refractivity contribution in [1.82, 2.24) is 30.7 Å². The lowest BCUT2D eigenvalue weighted by Gasteiger charge is -2.22. The van der Waals surface area contributed by atoms with Crippen LogP contribution < -0.4 is 16.4 Å². The number of anilines is 1. The van der Waals surface area contributed by atoms with Crippen LogP contribution in [-0.4, -0.2) is 45.1 Å². The number of nitrogens with zero attached hydrogens (tertiary/aromatic N) is 4. The SMILES string of the molecule is Cc1noc(C2CCCN2C(=O)CNC(=O)NCc2ccc(N)nc2)n1. The van der Waals surface area contributed by atoms with Crippen LogP contribution in [0.5, 0.6) is 0 Å². The number of hydrogen-bond acceptors (Lipinski definition) is 7. The summed E-state index contributed by atoms with van der Waals surface area (Å²) < 4.78 is 5.18.